The van der Waals surface area contributed by atoms with Crippen molar-refractivity contribution in [2.75, 3.05) is 6.79 Å². The highest BCUT2D eigenvalue weighted by molar-refractivity contribution is 7.09. The van der Waals surface area contributed by atoms with Crippen molar-refractivity contribution in [1.29, 1.82) is 0 Å². The maximum atomic E-state index is 12.4. The monoisotopic (exact) mass is 386 g/mol. The van der Waals surface area contributed by atoms with Crippen LogP contribution in [-0.4, -0.2) is 27.9 Å². The van der Waals surface area contributed by atoms with E-state index >= 15 is 0 Å². The predicted molar refractivity (Wildman–Crippen MR) is 98.2 cm³/mol. The zero-order chi connectivity index (χ0) is 18.8. The van der Waals surface area contributed by atoms with Crippen molar-refractivity contribution >= 4 is 17.2 Å². The zero-order valence-electron chi connectivity index (χ0n) is 14.8. The van der Waals surface area contributed by atoms with E-state index in [4.69, 9.17) is 14.2 Å². The molecule has 3 aromatic rings. The van der Waals surface area contributed by atoms with Crippen LogP contribution in [0.3, 0.4) is 0 Å². The molecule has 0 radical (unpaired) electrons. The molecular formula is C18H18N4O4S. The number of H-pyrrole nitrogens is 1. The van der Waals surface area contributed by atoms with Crippen LogP contribution in [0.1, 0.15) is 39.8 Å². The summed E-state index contributed by atoms with van der Waals surface area (Å²) < 4.78 is 16.3. The molecule has 2 aromatic heterocycles. The number of carbonyl (C=O) groups excluding carboxylic acids is 1. The molecule has 4 rings (SSSR count). The van der Waals surface area contributed by atoms with E-state index in [9.17, 15) is 4.79 Å². The number of rotatable bonds is 6. The van der Waals surface area contributed by atoms with Crippen LogP contribution in [0.2, 0.25) is 0 Å². The highest BCUT2D eigenvalue weighted by Crippen LogP contribution is 2.35. The maximum absolute atomic E-state index is 12.4. The molecule has 1 aromatic carbocycles. The second-order valence-corrected chi connectivity index (χ2v) is 6.99. The normalized spacial score (nSPS) is 13.4. The number of aryl methyl sites for hydroxylation is 1. The molecule has 3 heterocycles. The van der Waals surface area contributed by atoms with Crippen molar-refractivity contribution in [2.45, 2.75) is 26.5 Å². The van der Waals surface area contributed by atoms with E-state index in [1.807, 2.05) is 19.2 Å². The van der Waals surface area contributed by atoms with Crippen molar-refractivity contribution in [2.24, 2.45) is 0 Å². The summed E-state index contributed by atoms with van der Waals surface area (Å²) in [5.74, 6) is 1.74. The van der Waals surface area contributed by atoms with Crippen molar-refractivity contribution in [3.8, 4) is 17.2 Å². The third-order valence-corrected chi connectivity index (χ3v) is 5.10. The molecule has 1 aliphatic heterocycles. The Bertz CT molecular complexity index is 968. The van der Waals surface area contributed by atoms with Gasteiger partial charge in [0.15, 0.2) is 11.5 Å². The predicted octanol–water partition coefficient (Wildman–Crippen LogP) is 2.97. The van der Waals surface area contributed by atoms with Gasteiger partial charge in [-0.3, -0.25) is 9.89 Å². The number of aromatic amines is 1. The van der Waals surface area contributed by atoms with Gasteiger partial charge >= 0.3 is 0 Å². The second kappa shape index (κ2) is 7.28. The lowest BCUT2D eigenvalue weighted by Gasteiger charge is -2.09. The Morgan fingerprint density at radius 2 is 2.22 bits per heavy atom. The van der Waals surface area contributed by atoms with Crippen LogP contribution in [0.4, 0.5) is 0 Å². The number of thiazole rings is 1. The lowest BCUT2D eigenvalue weighted by atomic mass is 10.3. The average molecular weight is 386 g/mol. The van der Waals surface area contributed by atoms with E-state index in [0.717, 1.165) is 10.7 Å². The Morgan fingerprint density at radius 1 is 1.37 bits per heavy atom. The molecule has 1 atom stereocenters. The molecular weight excluding hydrogens is 368 g/mol. The lowest BCUT2D eigenvalue weighted by molar-refractivity contribution is 0.0934. The van der Waals surface area contributed by atoms with Gasteiger partial charge in [-0.2, -0.15) is 5.10 Å². The van der Waals surface area contributed by atoms with E-state index in [-0.39, 0.29) is 25.3 Å². The molecule has 2 N–H and O–H groups in total. The first-order valence-electron chi connectivity index (χ1n) is 8.38. The number of hydrogen-bond donors (Lipinski definition) is 2. The number of nitrogens with zero attached hydrogens (tertiary/aromatic N) is 2. The topological polar surface area (TPSA) is 98.4 Å². The Hall–Kier alpha value is -3.07. The minimum atomic E-state index is -0.263. The van der Waals surface area contributed by atoms with Crippen LogP contribution in [0, 0.1) is 6.92 Å². The van der Waals surface area contributed by atoms with Crippen LogP contribution in [0.25, 0.3) is 0 Å². The van der Waals surface area contributed by atoms with Gasteiger partial charge < -0.3 is 19.5 Å². The summed E-state index contributed by atoms with van der Waals surface area (Å²) in [6, 6.07) is 6.85. The number of ether oxygens (including phenoxy) is 3. The van der Waals surface area contributed by atoms with Gasteiger partial charge in [-0.25, -0.2) is 4.98 Å². The molecule has 0 bridgehead atoms. The fraction of sp³-hybridized carbons (Fsp3) is 0.278. The van der Waals surface area contributed by atoms with Gasteiger partial charge in [0, 0.05) is 17.1 Å². The first-order chi connectivity index (χ1) is 13.1. The molecule has 0 fully saturated rings. The molecule has 0 saturated carbocycles. The van der Waals surface area contributed by atoms with Crippen molar-refractivity contribution in [3.05, 3.63) is 51.7 Å². The van der Waals surface area contributed by atoms with Crippen LogP contribution >= 0.6 is 11.3 Å². The van der Waals surface area contributed by atoms with Crippen molar-refractivity contribution < 1.29 is 19.0 Å². The summed E-state index contributed by atoms with van der Waals surface area (Å²) in [6.45, 7) is 4.29. The van der Waals surface area contributed by atoms with Crippen LogP contribution in [0.5, 0.6) is 17.2 Å². The number of amides is 1. The number of carbonyl (C=O) groups is 1. The maximum Gasteiger partial charge on any atom is 0.272 e. The van der Waals surface area contributed by atoms with Crippen LogP contribution in [0.15, 0.2) is 29.6 Å². The fourth-order valence-electron chi connectivity index (χ4n) is 2.58. The minimum Gasteiger partial charge on any atom is -0.487 e. The van der Waals surface area contributed by atoms with Crippen LogP contribution < -0.4 is 19.5 Å². The van der Waals surface area contributed by atoms with Gasteiger partial charge in [0.1, 0.15) is 23.1 Å². The minimum absolute atomic E-state index is 0.179. The van der Waals surface area contributed by atoms with E-state index in [1.54, 1.807) is 24.3 Å². The third-order valence-electron chi connectivity index (χ3n) is 3.96. The Morgan fingerprint density at radius 3 is 3.04 bits per heavy atom. The van der Waals surface area contributed by atoms with Crippen molar-refractivity contribution in [1.82, 2.24) is 20.5 Å². The Balaban J connectivity index is 1.34. The lowest BCUT2D eigenvalue weighted by Crippen LogP contribution is -2.26. The number of hydrogen-bond acceptors (Lipinski definition) is 7. The third kappa shape index (κ3) is 3.87. The number of aromatic nitrogens is 3. The molecule has 0 aliphatic carbocycles. The first-order valence-corrected chi connectivity index (χ1v) is 9.26. The summed E-state index contributed by atoms with van der Waals surface area (Å²) in [6.07, 6.45) is 0. The molecule has 1 aliphatic rings. The number of benzene rings is 1. The second-order valence-electron chi connectivity index (χ2n) is 6.10. The summed E-state index contributed by atoms with van der Waals surface area (Å²) in [4.78, 5) is 16.7. The highest BCUT2D eigenvalue weighted by Gasteiger charge is 2.17. The largest absolute Gasteiger partial charge is 0.487 e. The summed E-state index contributed by atoms with van der Waals surface area (Å²) in [7, 11) is 0. The van der Waals surface area contributed by atoms with Gasteiger partial charge in [0.2, 0.25) is 6.79 Å². The Kier molecular flexibility index (Phi) is 4.68. The average Bonchev–Trinajstić information content (AvgIpc) is 3.39. The van der Waals surface area contributed by atoms with E-state index < -0.39 is 0 Å². The molecule has 0 unspecified atom stereocenters. The van der Waals surface area contributed by atoms with Gasteiger partial charge in [0.05, 0.1) is 11.7 Å². The smallest absolute Gasteiger partial charge is 0.272 e. The van der Waals surface area contributed by atoms with Crippen molar-refractivity contribution in [3.63, 3.8) is 0 Å². The van der Waals surface area contributed by atoms with Gasteiger partial charge in [-0.1, -0.05) is 0 Å². The van der Waals surface area contributed by atoms with Gasteiger partial charge in [0.25, 0.3) is 5.91 Å². The molecule has 1 amide bonds. The molecule has 9 heteroatoms. The van der Waals surface area contributed by atoms with E-state index in [0.29, 0.717) is 28.6 Å². The quantitative estimate of drug-likeness (QED) is 0.676. The standard InChI is InChI=1S/C18H18N4O4S/c1-10-8-27-18(19-10)11(2)20-17(23)14-5-12(21-22-14)7-24-13-3-4-15-16(6-13)26-9-25-15/h3-6,8,11H,7,9H2,1-2H3,(H,20,23)(H,21,22)/t11-/m1/s1. The SMILES string of the molecule is Cc1csc([C@@H](C)NC(=O)c2cc(COc3ccc4c(c3)OCO4)[nH]n2)n1. The summed E-state index contributed by atoms with van der Waals surface area (Å²) in [5.41, 5.74) is 1.94. The first kappa shape index (κ1) is 17.3. The number of fused-ring (bicyclic) bond motifs is 1. The molecule has 8 nitrogen and oxygen atoms in total. The zero-order valence-corrected chi connectivity index (χ0v) is 15.6. The van der Waals surface area contributed by atoms with Gasteiger partial charge in [-0.05, 0) is 32.0 Å². The molecule has 0 saturated heterocycles. The molecule has 27 heavy (non-hydrogen) atoms. The molecule has 0 spiro atoms. The highest BCUT2D eigenvalue weighted by atomic mass is 32.1. The van der Waals surface area contributed by atoms with Crippen LogP contribution in [-0.2, 0) is 6.61 Å². The summed E-state index contributed by atoms with van der Waals surface area (Å²) >= 11 is 1.52. The van der Waals surface area contributed by atoms with Gasteiger partial charge in [-0.15, -0.1) is 11.3 Å². The van der Waals surface area contributed by atoms with E-state index in [2.05, 4.69) is 20.5 Å². The van der Waals surface area contributed by atoms with E-state index in [1.165, 1.54) is 11.3 Å². The number of nitrogens with one attached hydrogen (secondary N) is 2. The Labute approximate surface area is 159 Å². The molecule has 140 valence electrons. The summed E-state index contributed by atoms with van der Waals surface area (Å²) in [5, 5.41) is 12.6. The fourth-order valence-corrected chi connectivity index (χ4v) is 3.39.